The average Bonchev–Trinajstić information content (AvgIpc) is 2.59. The summed E-state index contributed by atoms with van der Waals surface area (Å²) in [5.74, 6) is 0. The molecular weight excluding hydrogens is 250 g/mol. The van der Waals surface area contributed by atoms with Gasteiger partial charge in [-0.3, -0.25) is 0 Å². The summed E-state index contributed by atoms with van der Waals surface area (Å²) in [6.45, 7) is 4.11. The van der Waals surface area contributed by atoms with Crippen molar-refractivity contribution in [3.05, 3.63) is 56.2 Å². The van der Waals surface area contributed by atoms with Crippen molar-refractivity contribution < 1.29 is 0 Å². The fourth-order valence-electron chi connectivity index (χ4n) is 1.86. The van der Waals surface area contributed by atoms with Crippen LogP contribution in [0.1, 0.15) is 27.6 Å². The molecule has 17 heavy (non-hydrogen) atoms. The van der Waals surface area contributed by atoms with Crippen LogP contribution in [0.15, 0.2) is 30.3 Å². The van der Waals surface area contributed by atoms with E-state index in [0.29, 0.717) is 0 Å². The van der Waals surface area contributed by atoms with Crippen molar-refractivity contribution in [3.8, 4) is 0 Å². The van der Waals surface area contributed by atoms with Crippen LogP contribution in [0.3, 0.4) is 0 Å². The smallest absolute Gasteiger partial charge is 0.0960 e. The van der Waals surface area contributed by atoms with Crippen LogP contribution in [-0.4, -0.2) is 0 Å². The van der Waals surface area contributed by atoms with Crippen LogP contribution >= 0.6 is 22.9 Å². The van der Waals surface area contributed by atoms with Gasteiger partial charge in [-0.25, -0.2) is 0 Å². The highest BCUT2D eigenvalue weighted by Gasteiger charge is 2.11. The van der Waals surface area contributed by atoms with E-state index in [-0.39, 0.29) is 6.04 Å². The zero-order chi connectivity index (χ0) is 12.4. The zero-order valence-electron chi connectivity index (χ0n) is 10.0. The number of halogens is 1. The monoisotopic (exact) mass is 265 g/mol. The summed E-state index contributed by atoms with van der Waals surface area (Å²) in [6, 6.07) is 10.6. The van der Waals surface area contributed by atoms with Crippen molar-refractivity contribution in [1.29, 1.82) is 0 Å². The van der Waals surface area contributed by atoms with E-state index in [0.717, 1.165) is 21.2 Å². The van der Waals surface area contributed by atoms with Crippen LogP contribution in [0.2, 0.25) is 4.34 Å². The van der Waals surface area contributed by atoms with Gasteiger partial charge in [0.1, 0.15) is 0 Å². The molecule has 0 spiro atoms. The lowest BCUT2D eigenvalue weighted by Crippen LogP contribution is -2.11. The SMILES string of the molecule is Cc1cccc(CC(N)c2cc(C)c(Cl)s2)c1. The van der Waals surface area contributed by atoms with Gasteiger partial charge in [-0.15, -0.1) is 11.3 Å². The number of rotatable bonds is 3. The van der Waals surface area contributed by atoms with Crippen molar-refractivity contribution in [2.24, 2.45) is 5.73 Å². The molecule has 1 nitrogen and oxygen atoms in total. The predicted octanol–water partition coefficient (Wildman–Crippen LogP) is 4.26. The van der Waals surface area contributed by atoms with Gasteiger partial charge in [-0.1, -0.05) is 41.4 Å². The molecule has 90 valence electrons. The Labute approximate surface area is 111 Å². The van der Waals surface area contributed by atoms with Crippen LogP contribution in [0.4, 0.5) is 0 Å². The lowest BCUT2D eigenvalue weighted by atomic mass is 10.0. The molecular formula is C14H16ClNS. The molecule has 0 aliphatic rings. The summed E-state index contributed by atoms with van der Waals surface area (Å²) < 4.78 is 0.847. The number of hydrogen-bond acceptors (Lipinski definition) is 2. The second-order valence-electron chi connectivity index (χ2n) is 4.41. The third-order valence-electron chi connectivity index (χ3n) is 2.78. The minimum absolute atomic E-state index is 0.0352. The molecule has 1 heterocycles. The highest BCUT2D eigenvalue weighted by Crippen LogP contribution is 2.31. The maximum absolute atomic E-state index is 6.21. The molecule has 0 aliphatic carbocycles. The number of hydrogen-bond donors (Lipinski definition) is 1. The van der Waals surface area contributed by atoms with Gasteiger partial charge >= 0.3 is 0 Å². The fraction of sp³-hybridized carbons (Fsp3) is 0.286. The maximum Gasteiger partial charge on any atom is 0.0960 e. The second-order valence-corrected chi connectivity index (χ2v) is 6.09. The van der Waals surface area contributed by atoms with E-state index in [1.807, 2.05) is 6.92 Å². The molecule has 1 aromatic carbocycles. The molecule has 1 unspecified atom stereocenters. The minimum Gasteiger partial charge on any atom is -0.323 e. The normalized spacial score (nSPS) is 12.7. The predicted molar refractivity (Wildman–Crippen MR) is 75.9 cm³/mol. The van der Waals surface area contributed by atoms with Gasteiger partial charge in [-0.2, -0.15) is 0 Å². The largest absolute Gasteiger partial charge is 0.323 e. The molecule has 0 aliphatic heterocycles. The average molecular weight is 266 g/mol. The summed E-state index contributed by atoms with van der Waals surface area (Å²) in [5, 5.41) is 0. The molecule has 0 saturated heterocycles. The van der Waals surface area contributed by atoms with Crippen LogP contribution < -0.4 is 5.73 Å². The molecule has 0 amide bonds. The van der Waals surface area contributed by atoms with Gasteiger partial charge in [0.05, 0.1) is 4.34 Å². The topological polar surface area (TPSA) is 26.0 Å². The Bertz CT molecular complexity index is 499. The number of benzene rings is 1. The van der Waals surface area contributed by atoms with Crippen molar-refractivity contribution in [3.63, 3.8) is 0 Å². The molecule has 0 fully saturated rings. The third kappa shape index (κ3) is 3.09. The number of aryl methyl sites for hydroxylation is 2. The first-order valence-corrected chi connectivity index (χ1v) is 6.82. The fourth-order valence-corrected chi connectivity index (χ4v) is 3.08. The summed E-state index contributed by atoms with van der Waals surface area (Å²) >= 11 is 7.65. The summed E-state index contributed by atoms with van der Waals surface area (Å²) in [4.78, 5) is 1.16. The van der Waals surface area contributed by atoms with Gasteiger partial charge < -0.3 is 5.73 Å². The highest BCUT2D eigenvalue weighted by molar-refractivity contribution is 7.16. The van der Waals surface area contributed by atoms with Gasteiger partial charge in [0.25, 0.3) is 0 Å². The van der Waals surface area contributed by atoms with Gasteiger partial charge in [0, 0.05) is 10.9 Å². The Balaban J connectivity index is 2.14. The van der Waals surface area contributed by atoms with Gasteiger partial charge in [0.15, 0.2) is 0 Å². The molecule has 1 atom stereocenters. The molecule has 2 N–H and O–H groups in total. The second kappa shape index (κ2) is 5.21. The molecule has 0 saturated carbocycles. The molecule has 0 radical (unpaired) electrons. The first-order valence-electron chi connectivity index (χ1n) is 5.63. The van der Waals surface area contributed by atoms with Crippen molar-refractivity contribution in [2.45, 2.75) is 26.3 Å². The first-order chi connectivity index (χ1) is 8.06. The Hall–Kier alpha value is -0.830. The van der Waals surface area contributed by atoms with Crippen molar-refractivity contribution in [1.82, 2.24) is 0 Å². The highest BCUT2D eigenvalue weighted by atomic mass is 35.5. The van der Waals surface area contributed by atoms with Crippen molar-refractivity contribution in [2.75, 3.05) is 0 Å². The molecule has 1 aromatic heterocycles. The minimum atomic E-state index is 0.0352. The summed E-state index contributed by atoms with van der Waals surface area (Å²) in [7, 11) is 0. The van der Waals surface area contributed by atoms with E-state index < -0.39 is 0 Å². The van der Waals surface area contributed by atoms with Gasteiger partial charge in [-0.05, 0) is 37.5 Å². The van der Waals surface area contributed by atoms with E-state index in [9.17, 15) is 0 Å². The van der Waals surface area contributed by atoms with E-state index in [2.05, 4.69) is 37.3 Å². The van der Waals surface area contributed by atoms with Crippen LogP contribution in [0.25, 0.3) is 0 Å². The van der Waals surface area contributed by atoms with Crippen LogP contribution in [0.5, 0.6) is 0 Å². The maximum atomic E-state index is 6.21. The molecule has 0 bridgehead atoms. The van der Waals surface area contributed by atoms with Gasteiger partial charge in [0.2, 0.25) is 0 Å². The zero-order valence-corrected chi connectivity index (χ0v) is 11.6. The Morgan fingerprint density at radius 2 is 2.06 bits per heavy atom. The quantitative estimate of drug-likeness (QED) is 0.882. The lowest BCUT2D eigenvalue weighted by molar-refractivity contribution is 0.736. The number of thiophene rings is 1. The standard InChI is InChI=1S/C14H16ClNS/c1-9-4-3-5-11(6-9)8-12(16)13-7-10(2)14(15)17-13/h3-7,12H,8,16H2,1-2H3. The third-order valence-corrected chi connectivity index (χ3v) is 4.47. The van der Waals surface area contributed by atoms with E-state index in [1.54, 1.807) is 11.3 Å². The summed E-state index contributed by atoms with van der Waals surface area (Å²) in [6.07, 6.45) is 0.859. The Morgan fingerprint density at radius 1 is 1.29 bits per heavy atom. The van der Waals surface area contributed by atoms with Crippen molar-refractivity contribution >= 4 is 22.9 Å². The van der Waals surface area contributed by atoms with E-state index >= 15 is 0 Å². The lowest BCUT2D eigenvalue weighted by Gasteiger charge is -2.09. The Morgan fingerprint density at radius 3 is 2.65 bits per heavy atom. The first kappa shape index (κ1) is 12.6. The van der Waals surface area contributed by atoms with Crippen LogP contribution in [-0.2, 0) is 6.42 Å². The van der Waals surface area contributed by atoms with E-state index in [1.165, 1.54) is 11.1 Å². The van der Waals surface area contributed by atoms with E-state index in [4.69, 9.17) is 17.3 Å². The molecule has 2 rings (SSSR count). The molecule has 2 aromatic rings. The van der Waals surface area contributed by atoms with Crippen LogP contribution in [0, 0.1) is 13.8 Å². The number of nitrogens with two attached hydrogens (primary N) is 1. The Kier molecular flexibility index (Phi) is 3.87. The summed E-state index contributed by atoms with van der Waals surface area (Å²) in [5.41, 5.74) is 9.88. The molecule has 3 heteroatoms.